The quantitative estimate of drug-likeness (QED) is 0.882. The van der Waals surface area contributed by atoms with Crippen LogP contribution < -0.4 is 10.5 Å². The van der Waals surface area contributed by atoms with Crippen LogP contribution in [0.3, 0.4) is 0 Å². The van der Waals surface area contributed by atoms with E-state index in [-0.39, 0.29) is 17.4 Å². The van der Waals surface area contributed by atoms with Gasteiger partial charge in [-0.25, -0.2) is 4.39 Å². The number of ether oxygens (including phenoxy) is 1. The number of aryl methyl sites for hydroxylation is 1. The first-order valence-electron chi connectivity index (χ1n) is 6.44. The average Bonchev–Trinajstić information content (AvgIpc) is 2.45. The van der Waals surface area contributed by atoms with E-state index in [9.17, 15) is 9.18 Å². The van der Waals surface area contributed by atoms with Gasteiger partial charge in [-0.05, 0) is 36.8 Å². The molecular weight excluding hydrogens is 271 g/mol. The Labute approximate surface area is 122 Å². The summed E-state index contributed by atoms with van der Waals surface area (Å²) in [6, 6.07) is 9.55. The van der Waals surface area contributed by atoms with Gasteiger partial charge in [0.2, 0.25) is 0 Å². The van der Waals surface area contributed by atoms with Crippen LogP contribution in [0.15, 0.2) is 36.4 Å². The van der Waals surface area contributed by atoms with Crippen molar-refractivity contribution in [2.45, 2.75) is 6.92 Å². The van der Waals surface area contributed by atoms with Crippen molar-refractivity contribution in [1.82, 2.24) is 4.90 Å². The second-order valence-electron chi connectivity index (χ2n) is 4.94. The van der Waals surface area contributed by atoms with E-state index in [4.69, 9.17) is 10.5 Å². The van der Waals surface area contributed by atoms with Crippen LogP contribution in [0.4, 0.5) is 10.1 Å². The molecule has 2 rings (SSSR count). The Bertz CT molecular complexity index is 684. The lowest BCUT2D eigenvalue weighted by Crippen LogP contribution is -2.21. The minimum atomic E-state index is -0.443. The molecule has 0 spiro atoms. The van der Waals surface area contributed by atoms with Crippen LogP contribution in [0.25, 0.3) is 0 Å². The number of halogens is 1. The third-order valence-corrected chi connectivity index (χ3v) is 3.04. The number of amides is 1. The summed E-state index contributed by atoms with van der Waals surface area (Å²) in [6.45, 7) is 1.65. The molecule has 0 aliphatic rings. The molecule has 0 saturated carbocycles. The van der Waals surface area contributed by atoms with Gasteiger partial charge in [-0.3, -0.25) is 4.79 Å². The molecule has 4 nitrogen and oxygen atoms in total. The van der Waals surface area contributed by atoms with E-state index in [1.807, 2.05) is 0 Å². The van der Waals surface area contributed by atoms with Gasteiger partial charge in [-0.15, -0.1) is 0 Å². The number of rotatable bonds is 3. The first-order chi connectivity index (χ1) is 9.90. The van der Waals surface area contributed by atoms with Crippen molar-refractivity contribution in [3.05, 3.63) is 53.3 Å². The molecule has 0 radical (unpaired) electrons. The monoisotopic (exact) mass is 288 g/mol. The van der Waals surface area contributed by atoms with Crippen molar-refractivity contribution in [3.8, 4) is 11.5 Å². The Morgan fingerprint density at radius 2 is 1.90 bits per heavy atom. The van der Waals surface area contributed by atoms with Gasteiger partial charge in [0.15, 0.2) is 17.3 Å². The molecule has 110 valence electrons. The minimum Gasteiger partial charge on any atom is -0.452 e. The van der Waals surface area contributed by atoms with Crippen LogP contribution >= 0.6 is 0 Å². The highest BCUT2D eigenvalue weighted by atomic mass is 19.1. The zero-order valence-electron chi connectivity index (χ0n) is 12.2. The zero-order chi connectivity index (χ0) is 15.6. The number of nitrogens with zero attached hydrogens (tertiary/aromatic N) is 1. The maximum atomic E-state index is 14.0. The summed E-state index contributed by atoms with van der Waals surface area (Å²) in [5.41, 5.74) is 7.07. The molecule has 21 heavy (non-hydrogen) atoms. The molecule has 0 fully saturated rings. The second-order valence-corrected chi connectivity index (χ2v) is 4.94. The number of anilines is 1. The Morgan fingerprint density at radius 1 is 1.19 bits per heavy atom. The third kappa shape index (κ3) is 3.13. The molecule has 0 atom stereocenters. The molecule has 2 aromatic rings. The van der Waals surface area contributed by atoms with E-state index >= 15 is 0 Å². The number of carbonyl (C=O) groups excluding carboxylic acids is 1. The largest absolute Gasteiger partial charge is 0.452 e. The minimum absolute atomic E-state index is 0.0798. The predicted octanol–water partition coefficient (Wildman–Crippen LogP) is 3.21. The van der Waals surface area contributed by atoms with Crippen LogP contribution in [0.2, 0.25) is 0 Å². The lowest BCUT2D eigenvalue weighted by molar-refractivity contribution is 0.0827. The standard InChI is InChI=1S/C16H17FN2O2/c1-10-5-4-6-13(15(10)17)21-14-9-11(7-8-12(14)18)16(20)19(2)3/h4-9H,18H2,1-3H3. The van der Waals surface area contributed by atoms with E-state index in [1.165, 1.54) is 17.0 Å². The Morgan fingerprint density at radius 3 is 2.57 bits per heavy atom. The number of nitrogen functional groups attached to an aromatic ring is 1. The molecular formula is C16H17FN2O2. The fourth-order valence-corrected chi connectivity index (χ4v) is 1.83. The van der Waals surface area contributed by atoms with Crippen LogP contribution in [0, 0.1) is 12.7 Å². The Hall–Kier alpha value is -2.56. The highest BCUT2D eigenvalue weighted by molar-refractivity contribution is 5.94. The fraction of sp³-hybridized carbons (Fsp3) is 0.188. The molecule has 2 aromatic carbocycles. The Kier molecular flexibility index (Phi) is 4.12. The van der Waals surface area contributed by atoms with Crippen molar-refractivity contribution >= 4 is 11.6 Å². The molecule has 1 amide bonds. The summed E-state index contributed by atoms with van der Waals surface area (Å²) in [4.78, 5) is 13.4. The van der Waals surface area contributed by atoms with Crippen LogP contribution in [-0.2, 0) is 0 Å². The van der Waals surface area contributed by atoms with Gasteiger partial charge < -0.3 is 15.4 Å². The van der Waals surface area contributed by atoms with Crippen molar-refractivity contribution in [1.29, 1.82) is 0 Å². The molecule has 2 N–H and O–H groups in total. The number of benzene rings is 2. The van der Waals surface area contributed by atoms with Gasteiger partial charge in [0.05, 0.1) is 5.69 Å². The van der Waals surface area contributed by atoms with E-state index in [0.717, 1.165) is 0 Å². The van der Waals surface area contributed by atoms with Crippen molar-refractivity contribution in [2.24, 2.45) is 0 Å². The summed E-state index contributed by atoms with van der Waals surface area (Å²) in [7, 11) is 3.30. The van der Waals surface area contributed by atoms with Crippen LogP contribution in [-0.4, -0.2) is 24.9 Å². The predicted molar refractivity (Wildman–Crippen MR) is 80.1 cm³/mol. The van der Waals surface area contributed by atoms with Crippen LogP contribution in [0.5, 0.6) is 11.5 Å². The molecule has 0 unspecified atom stereocenters. The number of hydrogen-bond donors (Lipinski definition) is 1. The summed E-state index contributed by atoms with van der Waals surface area (Å²) in [5, 5.41) is 0. The molecule has 0 aliphatic carbocycles. The molecule has 0 bridgehead atoms. The lowest BCUT2D eigenvalue weighted by atomic mass is 10.1. The van der Waals surface area contributed by atoms with Crippen molar-refractivity contribution in [3.63, 3.8) is 0 Å². The maximum absolute atomic E-state index is 14.0. The maximum Gasteiger partial charge on any atom is 0.253 e. The smallest absolute Gasteiger partial charge is 0.253 e. The van der Waals surface area contributed by atoms with E-state index < -0.39 is 5.82 Å². The second kappa shape index (κ2) is 5.83. The lowest BCUT2D eigenvalue weighted by Gasteiger charge is -2.14. The molecule has 0 saturated heterocycles. The normalized spacial score (nSPS) is 10.3. The summed E-state index contributed by atoms with van der Waals surface area (Å²) in [6.07, 6.45) is 0. The summed E-state index contributed by atoms with van der Waals surface area (Å²) < 4.78 is 19.5. The molecule has 5 heteroatoms. The number of carbonyl (C=O) groups is 1. The fourth-order valence-electron chi connectivity index (χ4n) is 1.83. The van der Waals surface area contributed by atoms with Gasteiger partial charge in [0.25, 0.3) is 5.91 Å². The average molecular weight is 288 g/mol. The van der Waals surface area contributed by atoms with E-state index in [1.54, 1.807) is 45.3 Å². The highest BCUT2D eigenvalue weighted by Crippen LogP contribution is 2.31. The highest BCUT2D eigenvalue weighted by Gasteiger charge is 2.13. The van der Waals surface area contributed by atoms with Gasteiger partial charge in [0.1, 0.15) is 0 Å². The van der Waals surface area contributed by atoms with E-state index in [0.29, 0.717) is 16.8 Å². The Balaban J connectivity index is 2.38. The van der Waals surface area contributed by atoms with E-state index in [2.05, 4.69) is 0 Å². The first-order valence-corrected chi connectivity index (χ1v) is 6.44. The topological polar surface area (TPSA) is 55.6 Å². The van der Waals surface area contributed by atoms with Gasteiger partial charge in [-0.1, -0.05) is 12.1 Å². The zero-order valence-corrected chi connectivity index (χ0v) is 12.2. The number of nitrogens with two attached hydrogens (primary N) is 1. The van der Waals surface area contributed by atoms with Crippen LogP contribution in [0.1, 0.15) is 15.9 Å². The van der Waals surface area contributed by atoms with Gasteiger partial charge in [-0.2, -0.15) is 0 Å². The summed E-state index contributed by atoms with van der Waals surface area (Å²) in [5.74, 6) is -0.283. The molecule has 0 aromatic heterocycles. The van der Waals surface area contributed by atoms with Gasteiger partial charge >= 0.3 is 0 Å². The van der Waals surface area contributed by atoms with Crippen molar-refractivity contribution in [2.75, 3.05) is 19.8 Å². The molecule has 0 heterocycles. The SMILES string of the molecule is Cc1cccc(Oc2cc(C(=O)N(C)C)ccc2N)c1F. The third-order valence-electron chi connectivity index (χ3n) is 3.04. The first kappa shape index (κ1) is 14.8. The molecule has 0 aliphatic heterocycles. The van der Waals surface area contributed by atoms with Gasteiger partial charge in [0, 0.05) is 19.7 Å². The number of hydrogen-bond acceptors (Lipinski definition) is 3. The summed E-state index contributed by atoms with van der Waals surface area (Å²) >= 11 is 0. The van der Waals surface area contributed by atoms with Crippen molar-refractivity contribution < 1.29 is 13.9 Å².